The van der Waals surface area contributed by atoms with E-state index in [1.807, 2.05) is 18.2 Å². The molecule has 5 heteroatoms. The number of hydrogen-bond donors (Lipinski definition) is 0. The Kier molecular flexibility index (Phi) is 5.32. The van der Waals surface area contributed by atoms with Crippen molar-refractivity contribution in [3.05, 3.63) is 45.4 Å². The Labute approximate surface area is 129 Å². The van der Waals surface area contributed by atoms with E-state index in [4.69, 9.17) is 14.7 Å². The van der Waals surface area contributed by atoms with Gasteiger partial charge in [-0.2, -0.15) is 5.26 Å². The first-order valence-electron chi connectivity index (χ1n) is 6.75. The molecule has 0 radical (unpaired) electrons. The van der Waals surface area contributed by atoms with E-state index in [-0.39, 0.29) is 0 Å². The van der Waals surface area contributed by atoms with Crippen LogP contribution in [0.4, 0.5) is 0 Å². The fourth-order valence-electron chi connectivity index (χ4n) is 2.01. The van der Waals surface area contributed by atoms with Gasteiger partial charge in [0.2, 0.25) is 0 Å². The number of rotatable bonds is 6. The smallest absolute Gasteiger partial charge is 0.140 e. The third-order valence-electron chi connectivity index (χ3n) is 3.02. The van der Waals surface area contributed by atoms with Gasteiger partial charge in [0.05, 0.1) is 12.3 Å². The maximum Gasteiger partial charge on any atom is 0.140 e. The summed E-state index contributed by atoms with van der Waals surface area (Å²) in [5.74, 6) is 1.27. The number of nitrogens with zero attached hydrogens (tertiary/aromatic N) is 2. The van der Waals surface area contributed by atoms with Crippen molar-refractivity contribution in [2.45, 2.75) is 33.0 Å². The van der Waals surface area contributed by atoms with Crippen LogP contribution in [0.5, 0.6) is 5.75 Å². The molecule has 0 fully saturated rings. The summed E-state index contributed by atoms with van der Waals surface area (Å²) in [6.07, 6.45) is 0. The molecule has 0 amide bonds. The van der Waals surface area contributed by atoms with Crippen LogP contribution >= 0.6 is 11.3 Å². The number of hydrogen-bond acceptors (Lipinski definition) is 5. The topological polar surface area (TPSA) is 55.1 Å². The van der Waals surface area contributed by atoms with Crippen LogP contribution < -0.4 is 4.74 Å². The number of thiazole rings is 1. The summed E-state index contributed by atoms with van der Waals surface area (Å²) < 4.78 is 10.9. The van der Waals surface area contributed by atoms with Gasteiger partial charge in [-0.1, -0.05) is 32.0 Å². The van der Waals surface area contributed by atoms with Crippen molar-refractivity contribution in [3.8, 4) is 11.8 Å². The minimum Gasteiger partial charge on any atom is -0.486 e. The maximum absolute atomic E-state index is 9.08. The minimum atomic E-state index is 0.349. The van der Waals surface area contributed by atoms with E-state index >= 15 is 0 Å². The predicted molar refractivity (Wildman–Crippen MR) is 82.4 cm³/mol. The van der Waals surface area contributed by atoms with Crippen molar-refractivity contribution in [1.82, 2.24) is 4.98 Å². The Balaban J connectivity index is 2.12. The lowest BCUT2D eigenvalue weighted by atomic mass is 10.0. The molecule has 110 valence electrons. The quantitative estimate of drug-likeness (QED) is 0.813. The average Bonchev–Trinajstić information content (AvgIpc) is 2.88. The number of methoxy groups -OCH3 is 1. The normalized spacial score (nSPS) is 10.6. The van der Waals surface area contributed by atoms with Gasteiger partial charge in [0.25, 0.3) is 0 Å². The van der Waals surface area contributed by atoms with E-state index in [1.54, 1.807) is 7.11 Å². The van der Waals surface area contributed by atoms with Crippen molar-refractivity contribution in [2.24, 2.45) is 0 Å². The number of aromatic nitrogens is 1. The fraction of sp³-hybridized carbons (Fsp3) is 0.375. The lowest BCUT2D eigenvalue weighted by Crippen LogP contribution is -2.00. The molecular weight excluding hydrogens is 284 g/mol. The zero-order valence-corrected chi connectivity index (χ0v) is 13.2. The summed E-state index contributed by atoms with van der Waals surface area (Å²) in [4.78, 5) is 5.00. The van der Waals surface area contributed by atoms with E-state index in [2.05, 4.69) is 31.0 Å². The number of para-hydroxylation sites is 1. The SMILES string of the molecule is COCc1nc(COc2ccccc2C(C)C)sc1C#N. The zero-order valence-electron chi connectivity index (χ0n) is 12.4. The number of nitriles is 1. The summed E-state index contributed by atoms with van der Waals surface area (Å²) in [5, 5.41) is 9.87. The van der Waals surface area contributed by atoms with Crippen LogP contribution in [0.15, 0.2) is 24.3 Å². The minimum absolute atomic E-state index is 0.349. The lowest BCUT2D eigenvalue weighted by Gasteiger charge is -2.12. The van der Waals surface area contributed by atoms with Gasteiger partial charge in [0.15, 0.2) is 0 Å². The van der Waals surface area contributed by atoms with Crippen LogP contribution in [0.25, 0.3) is 0 Å². The van der Waals surface area contributed by atoms with E-state index < -0.39 is 0 Å². The molecule has 0 aliphatic heterocycles. The van der Waals surface area contributed by atoms with Crippen molar-refractivity contribution < 1.29 is 9.47 Å². The summed E-state index contributed by atoms with van der Waals surface area (Å²) in [7, 11) is 1.59. The molecular formula is C16H18N2O2S. The molecule has 21 heavy (non-hydrogen) atoms. The fourth-order valence-corrected chi connectivity index (χ4v) is 2.79. The van der Waals surface area contributed by atoms with Crippen LogP contribution in [0.3, 0.4) is 0 Å². The molecule has 0 aliphatic carbocycles. The molecule has 1 heterocycles. The second-order valence-electron chi connectivity index (χ2n) is 4.91. The summed E-state index contributed by atoms with van der Waals surface area (Å²) in [6, 6.07) is 10.1. The van der Waals surface area contributed by atoms with Gasteiger partial charge in [0, 0.05) is 7.11 Å². The third kappa shape index (κ3) is 3.81. The highest BCUT2D eigenvalue weighted by Gasteiger charge is 2.12. The predicted octanol–water partition coefficient (Wildman–Crippen LogP) is 3.86. The van der Waals surface area contributed by atoms with Crippen molar-refractivity contribution in [3.63, 3.8) is 0 Å². The first kappa shape index (κ1) is 15.5. The lowest BCUT2D eigenvalue weighted by molar-refractivity contribution is 0.181. The van der Waals surface area contributed by atoms with Crippen LogP contribution in [0, 0.1) is 11.3 Å². The Morgan fingerprint density at radius 1 is 1.29 bits per heavy atom. The Hall–Kier alpha value is -1.90. The number of benzene rings is 1. The Morgan fingerprint density at radius 3 is 2.71 bits per heavy atom. The van der Waals surface area contributed by atoms with Gasteiger partial charge in [0.1, 0.15) is 28.3 Å². The zero-order chi connectivity index (χ0) is 15.2. The summed E-state index contributed by atoms with van der Waals surface area (Å²) in [6.45, 7) is 4.99. The molecule has 0 N–H and O–H groups in total. The second-order valence-corrected chi connectivity index (χ2v) is 5.99. The molecule has 4 nitrogen and oxygen atoms in total. The van der Waals surface area contributed by atoms with Gasteiger partial charge in [-0.05, 0) is 17.5 Å². The average molecular weight is 302 g/mol. The van der Waals surface area contributed by atoms with Crippen LogP contribution in [-0.2, 0) is 18.0 Å². The molecule has 0 aliphatic rings. The van der Waals surface area contributed by atoms with Crippen molar-refractivity contribution in [2.75, 3.05) is 7.11 Å². The van der Waals surface area contributed by atoms with Crippen LogP contribution in [-0.4, -0.2) is 12.1 Å². The van der Waals surface area contributed by atoms with Gasteiger partial charge < -0.3 is 9.47 Å². The molecule has 1 aromatic carbocycles. The van der Waals surface area contributed by atoms with E-state index in [1.165, 1.54) is 16.9 Å². The first-order chi connectivity index (χ1) is 10.2. The maximum atomic E-state index is 9.08. The second kappa shape index (κ2) is 7.21. The largest absolute Gasteiger partial charge is 0.486 e. The van der Waals surface area contributed by atoms with Crippen molar-refractivity contribution in [1.29, 1.82) is 5.26 Å². The molecule has 0 saturated carbocycles. The molecule has 0 unspecified atom stereocenters. The van der Waals surface area contributed by atoms with Crippen LogP contribution in [0.2, 0.25) is 0 Å². The highest BCUT2D eigenvalue weighted by atomic mass is 32.1. The molecule has 0 spiro atoms. The Morgan fingerprint density at radius 2 is 2.05 bits per heavy atom. The Bertz CT molecular complexity index is 644. The monoisotopic (exact) mass is 302 g/mol. The number of ether oxygens (including phenoxy) is 2. The van der Waals surface area contributed by atoms with Gasteiger partial charge in [-0.25, -0.2) is 4.98 Å². The molecule has 0 bridgehead atoms. The standard InChI is InChI=1S/C16H18N2O2S/c1-11(2)12-6-4-5-7-14(12)20-10-16-18-13(9-19-3)15(8-17)21-16/h4-7,11H,9-10H2,1-3H3. The van der Waals surface area contributed by atoms with Crippen molar-refractivity contribution >= 4 is 11.3 Å². The molecule has 0 atom stereocenters. The molecule has 0 saturated heterocycles. The van der Waals surface area contributed by atoms with E-state index in [0.29, 0.717) is 29.7 Å². The summed E-state index contributed by atoms with van der Waals surface area (Å²) in [5.41, 5.74) is 1.85. The van der Waals surface area contributed by atoms with E-state index in [9.17, 15) is 0 Å². The summed E-state index contributed by atoms with van der Waals surface area (Å²) >= 11 is 1.36. The molecule has 2 rings (SSSR count). The van der Waals surface area contributed by atoms with Gasteiger partial charge in [-0.15, -0.1) is 11.3 Å². The highest BCUT2D eigenvalue weighted by Crippen LogP contribution is 2.27. The molecule has 1 aromatic heterocycles. The molecule has 2 aromatic rings. The third-order valence-corrected chi connectivity index (χ3v) is 3.99. The van der Waals surface area contributed by atoms with Gasteiger partial charge in [-0.3, -0.25) is 0 Å². The first-order valence-corrected chi connectivity index (χ1v) is 7.56. The van der Waals surface area contributed by atoms with Gasteiger partial charge >= 0.3 is 0 Å². The van der Waals surface area contributed by atoms with Crippen LogP contribution in [0.1, 0.15) is 40.9 Å². The van der Waals surface area contributed by atoms with E-state index in [0.717, 1.165) is 10.8 Å². The highest BCUT2D eigenvalue weighted by molar-refractivity contribution is 7.12.